The molecular formula is C21H25N7O3. The zero-order valence-corrected chi connectivity index (χ0v) is 17.5. The minimum atomic E-state index is -0.845. The minimum absolute atomic E-state index is 0.133. The van der Waals surface area contributed by atoms with Crippen LogP contribution in [0.2, 0.25) is 0 Å². The van der Waals surface area contributed by atoms with Gasteiger partial charge in [0.25, 0.3) is 5.91 Å². The first-order valence-electron chi connectivity index (χ1n) is 10.5. The molecule has 10 heteroatoms. The number of aromatic amines is 1. The Morgan fingerprint density at radius 3 is 2.77 bits per heavy atom. The molecule has 1 atom stereocenters. The van der Waals surface area contributed by atoms with Crippen LogP contribution in [-0.4, -0.2) is 71.3 Å². The van der Waals surface area contributed by atoms with Crippen molar-refractivity contribution in [2.45, 2.75) is 44.9 Å². The minimum Gasteiger partial charge on any atom is -0.386 e. The van der Waals surface area contributed by atoms with E-state index in [4.69, 9.17) is 0 Å². The number of likely N-dealkylation sites (tertiary alicyclic amines) is 1. The van der Waals surface area contributed by atoms with Gasteiger partial charge in [0.05, 0.1) is 42.3 Å². The first kappa shape index (κ1) is 19.7. The number of aromatic nitrogens is 5. The Morgan fingerprint density at radius 1 is 1.35 bits per heavy atom. The predicted octanol–water partition coefficient (Wildman–Crippen LogP) is 0.943. The van der Waals surface area contributed by atoms with Crippen molar-refractivity contribution < 1.29 is 14.7 Å². The topological polar surface area (TPSA) is 129 Å². The summed E-state index contributed by atoms with van der Waals surface area (Å²) in [6.07, 6.45) is 8.62. The molecule has 0 bridgehead atoms. The van der Waals surface area contributed by atoms with E-state index in [-0.39, 0.29) is 30.8 Å². The van der Waals surface area contributed by atoms with Gasteiger partial charge >= 0.3 is 0 Å². The van der Waals surface area contributed by atoms with Crippen LogP contribution in [0.4, 0.5) is 0 Å². The summed E-state index contributed by atoms with van der Waals surface area (Å²) in [6, 6.07) is -0.590. The highest BCUT2D eigenvalue weighted by molar-refractivity contribution is 6.06. The van der Waals surface area contributed by atoms with Crippen LogP contribution in [0.3, 0.4) is 0 Å². The van der Waals surface area contributed by atoms with Crippen LogP contribution < -0.4 is 5.32 Å². The summed E-state index contributed by atoms with van der Waals surface area (Å²) in [6.45, 7) is 5.03. The van der Waals surface area contributed by atoms with E-state index in [2.05, 4.69) is 25.4 Å². The van der Waals surface area contributed by atoms with E-state index in [0.29, 0.717) is 22.4 Å². The highest BCUT2D eigenvalue weighted by atomic mass is 16.3. The molecule has 3 N–H and O–H groups in total. The monoisotopic (exact) mass is 423 g/mol. The van der Waals surface area contributed by atoms with Gasteiger partial charge in [-0.25, -0.2) is 9.97 Å². The summed E-state index contributed by atoms with van der Waals surface area (Å²) in [5, 5.41) is 17.1. The van der Waals surface area contributed by atoms with Crippen LogP contribution >= 0.6 is 0 Å². The largest absolute Gasteiger partial charge is 0.386 e. The molecule has 10 nitrogen and oxygen atoms in total. The van der Waals surface area contributed by atoms with Crippen LogP contribution in [0.25, 0.3) is 22.4 Å². The van der Waals surface area contributed by atoms with Gasteiger partial charge in [-0.05, 0) is 32.6 Å². The third kappa shape index (κ3) is 3.67. The predicted molar refractivity (Wildman–Crippen MR) is 112 cm³/mol. The van der Waals surface area contributed by atoms with Gasteiger partial charge in [0.15, 0.2) is 5.65 Å². The van der Waals surface area contributed by atoms with Gasteiger partial charge in [0.1, 0.15) is 11.6 Å². The average molecular weight is 423 g/mol. The van der Waals surface area contributed by atoms with Crippen LogP contribution in [0.1, 0.15) is 37.0 Å². The third-order valence-corrected chi connectivity index (χ3v) is 5.90. The van der Waals surface area contributed by atoms with E-state index in [1.807, 2.05) is 13.1 Å². The molecule has 3 aromatic rings. The van der Waals surface area contributed by atoms with Gasteiger partial charge in [-0.15, -0.1) is 0 Å². The fourth-order valence-corrected chi connectivity index (χ4v) is 4.03. The Morgan fingerprint density at radius 2 is 2.13 bits per heavy atom. The normalized spacial score (nSPS) is 18.6. The number of fused-ring (bicyclic) bond motifs is 1. The number of nitrogens with zero attached hydrogens (tertiary/aromatic N) is 5. The lowest BCUT2D eigenvalue weighted by Crippen LogP contribution is -2.65. The molecule has 0 unspecified atom stereocenters. The van der Waals surface area contributed by atoms with Gasteiger partial charge < -0.3 is 20.3 Å². The number of nitrogens with one attached hydrogen (secondary N) is 2. The third-order valence-electron chi connectivity index (χ3n) is 5.90. The maximum atomic E-state index is 13.1. The molecule has 3 aromatic heterocycles. The van der Waals surface area contributed by atoms with Crippen molar-refractivity contribution >= 4 is 23.0 Å². The van der Waals surface area contributed by atoms with Crippen molar-refractivity contribution in [3.05, 3.63) is 30.4 Å². The molecule has 1 aliphatic heterocycles. The molecule has 0 radical (unpaired) electrons. The zero-order valence-electron chi connectivity index (χ0n) is 17.5. The molecule has 1 saturated carbocycles. The number of hydrogen-bond donors (Lipinski definition) is 3. The van der Waals surface area contributed by atoms with Crippen LogP contribution in [0.5, 0.6) is 0 Å². The maximum Gasteiger partial charge on any atom is 0.255 e. The van der Waals surface area contributed by atoms with E-state index in [0.717, 1.165) is 24.9 Å². The van der Waals surface area contributed by atoms with Gasteiger partial charge in [-0.2, -0.15) is 5.10 Å². The summed E-state index contributed by atoms with van der Waals surface area (Å²) >= 11 is 0. The molecule has 4 heterocycles. The average Bonchev–Trinajstić information content (AvgIpc) is 3.30. The zero-order chi connectivity index (χ0) is 21.8. The van der Waals surface area contributed by atoms with Gasteiger partial charge in [0.2, 0.25) is 5.91 Å². The van der Waals surface area contributed by atoms with Crippen molar-refractivity contribution in [3.63, 3.8) is 0 Å². The molecule has 5 rings (SSSR count). The Labute approximate surface area is 178 Å². The number of aliphatic hydroxyl groups is 1. The van der Waals surface area contributed by atoms with Crippen LogP contribution in [-0.2, 0) is 11.3 Å². The van der Waals surface area contributed by atoms with Crippen LogP contribution in [0.15, 0.2) is 24.8 Å². The van der Waals surface area contributed by atoms with E-state index >= 15 is 0 Å². The molecule has 1 saturated heterocycles. The van der Waals surface area contributed by atoms with Crippen molar-refractivity contribution in [1.29, 1.82) is 0 Å². The second-order valence-electron chi connectivity index (χ2n) is 8.72. The summed E-state index contributed by atoms with van der Waals surface area (Å²) in [4.78, 5) is 39.6. The highest BCUT2D eigenvalue weighted by Gasteiger charge is 2.46. The molecule has 2 amide bonds. The number of aryl methyl sites for hydroxylation is 1. The Kier molecular flexibility index (Phi) is 4.54. The highest BCUT2D eigenvalue weighted by Crippen LogP contribution is 2.35. The summed E-state index contributed by atoms with van der Waals surface area (Å²) in [5.74, 6) is -0.366. The Bertz CT molecular complexity index is 1150. The smallest absolute Gasteiger partial charge is 0.255 e. The fourth-order valence-electron chi connectivity index (χ4n) is 4.03. The van der Waals surface area contributed by atoms with E-state index in [1.54, 1.807) is 35.1 Å². The molecule has 162 valence electrons. The summed E-state index contributed by atoms with van der Waals surface area (Å²) in [7, 11) is 0. The van der Waals surface area contributed by atoms with Crippen molar-refractivity contribution in [1.82, 2.24) is 34.9 Å². The van der Waals surface area contributed by atoms with E-state index in [9.17, 15) is 14.7 Å². The second-order valence-corrected chi connectivity index (χ2v) is 8.72. The molecule has 2 aliphatic rings. The molecule has 2 fully saturated rings. The number of carbonyl (C=O) groups is 2. The number of carbonyl (C=O) groups excluding carboxylic acids is 2. The van der Waals surface area contributed by atoms with E-state index < -0.39 is 11.6 Å². The van der Waals surface area contributed by atoms with E-state index in [1.165, 1.54) is 0 Å². The SMILES string of the molecule is CCn1cc(-c2cnc3[nH]cc(C(=O)N[C@@H](C(=O)N4CC(C)(O)C4)C4CC4)c3n2)cn1. The lowest BCUT2D eigenvalue weighted by molar-refractivity contribution is -0.154. The first-order chi connectivity index (χ1) is 14.8. The fraction of sp³-hybridized carbons (Fsp3) is 0.476. The van der Waals surface area contributed by atoms with Gasteiger partial charge in [-0.3, -0.25) is 14.3 Å². The number of rotatable bonds is 6. The molecular weight excluding hydrogens is 398 g/mol. The molecule has 0 spiro atoms. The first-order valence-corrected chi connectivity index (χ1v) is 10.5. The van der Waals surface area contributed by atoms with Gasteiger partial charge in [0, 0.05) is 24.5 Å². The summed E-state index contributed by atoms with van der Waals surface area (Å²) < 4.78 is 1.80. The Hall–Kier alpha value is -3.27. The van der Waals surface area contributed by atoms with Crippen LogP contribution in [0, 0.1) is 5.92 Å². The quantitative estimate of drug-likeness (QED) is 0.541. The maximum absolute atomic E-state index is 13.1. The van der Waals surface area contributed by atoms with Crippen molar-refractivity contribution in [2.75, 3.05) is 13.1 Å². The number of β-amino-alcohol motifs (C(OH)–C–C–N with tert-alkyl or cyclic N) is 1. The standard InChI is InChI=1S/C21H25N7O3/c1-3-28-9-13(6-24-28)15-8-23-18-17(25-15)14(7-22-18)19(29)26-16(12-4-5-12)20(30)27-10-21(2,31)11-27/h6-9,12,16,31H,3-5,10-11H2,1-2H3,(H,22,23)(H,26,29)/t16-/m1/s1. The lowest BCUT2D eigenvalue weighted by Gasteiger charge is -2.45. The lowest BCUT2D eigenvalue weighted by atomic mass is 9.95. The number of amides is 2. The Balaban J connectivity index is 1.38. The van der Waals surface area contributed by atoms with Crippen molar-refractivity contribution in [2.24, 2.45) is 5.92 Å². The molecule has 0 aromatic carbocycles. The number of H-pyrrole nitrogens is 1. The molecule has 1 aliphatic carbocycles. The second kappa shape index (κ2) is 7.16. The number of hydrogen-bond acceptors (Lipinski definition) is 6. The van der Waals surface area contributed by atoms with Gasteiger partial charge in [-0.1, -0.05) is 0 Å². The summed E-state index contributed by atoms with van der Waals surface area (Å²) in [5.41, 5.74) is 1.90. The molecule has 31 heavy (non-hydrogen) atoms. The van der Waals surface area contributed by atoms with Crippen molar-refractivity contribution in [3.8, 4) is 11.3 Å².